The van der Waals surface area contributed by atoms with Crippen LogP contribution in [0.1, 0.15) is 15.9 Å². The summed E-state index contributed by atoms with van der Waals surface area (Å²) in [6.07, 6.45) is 0. The zero-order valence-electron chi connectivity index (χ0n) is 11.4. The minimum atomic E-state index is -1.18. The molecule has 0 heterocycles. The van der Waals surface area contributed by atoms with Crippen molar-refractivity contribution < 1.29 is 9.90 Å². The fourth-order valence-electron chi connectivity index (χ4n) is 2.62. The second kappa shape index (κ2) is 5.34. The minimum absolute atomic E-state index is 0.192. The van der Waals surface area contributed by atoms with Crippen LogP contribution in [-0.4, -0.2) is 5.97 Å². The molecule has 0 aliphatic rings. The van der Waals surface area contributed by atoms with Gasteiger partial charge in [-0.05, 0) is 40.5 Å². The third-order valence-corrected chi connectivity index (χ3v) is 4.14. The summed E-state index contributed by atoms with van der Waals surface area (Å²) in [4.78, 5) is 11.5. The lowest BCUT2D eigenvalue weighted by atomic mass is 9.93. The number of aromatic carboxylic acids is 1. The van der Waals surface area contributed by atoms with Gasteiger partial charge in [0.2, 0.25) is 0 Å². The Kier molecular flexibility index (Phi) is 3.52. The molecule has 0 amide bonds. The molecule has 3 aromatic rings. The van der Waals surface area contributed by atoms with Crippen molar-refractivity contribution in [3.05, 3.63) is 70.2 Å². The fourth-order valence-corrected chi connectivity index (χ4v) is 3.36. The third-order valence-electron chi connectivity index (χ3n) is 3.52. The molecule has 0 N–H and O–H groups in total. The monoisotopic (exact) mass is 339 g/mol. The number of rotatable bonds is 2. The van der Waals surface area contributed by atoms with Crippen LogP contribution in [0, 0.1) is 6.92 Å². The molecule has 0 aliphatic heterocycles. The van der Waals surface area contributed by atoms with Crippen LogP contribution in [0.5, 0.6) is 0 Å². The van der Waals surface area contributed by atoms with Crippen molar-refractivity contribution in [1.29, 1.82) is 0 Å². The average molecular weight is 340 g/mol. The van der Waals surface area contributed by atoms with Gasteiger partial charge in [-0.1, -0.05) is 64.5 Å². The molecule has 3 aromatic carbocycles. The molecular weight excluding hydrogens is 328 g/mol. The Morgan fingerprint density at radius 2 is 1.71 bits per heavy atom. The number of carboxylic acids is 1. The molecule has 0 bridgehead atoms. The van der Waals surface area contributed by atoms with E-state index in [2.05, 4.69) is 15.9 Å². The summed E-state index contributed by atoms with van der Waals surface area (Å²) in [5, 5.41) is 13.6. The quantitative estimate of drug-likeness (QED) is 0.709. The molecule has 3 rings (SSSR count). The normalized spacial score (nSPS) is 10.8. The molecule has 0 fully saturated rings. The highest BCUT2D eigenvalue weighted by molar-refractivity contribution is 9.10. The highest BCUT2D eigenvalue weighted by Crippen LogP contribution is 2.34. The zero-order valence-corrected chi connectivity index (χ0v) is 13.0. The first-order chi connectivity index (χ1) is 10.1. The lowest BCUT2D eigenvalue weighted by molar-refractivity contribution is -0.255. The molecule has 0 unspecified atom stereocenters. The van der Waals surface area contributed by atoms with Gasteiger partial charge in [0.05, 0.1) is 5.97 Å². The standard InChI is InChI=1S/C18H13BrO2/c1-11-9-15(17(18(20)21)16(19)10-11)14-8-4-6-12-5-2-3-7-13(12)14/h2-10H,1H3,(H,20,21)/p-1. The van der Waals surface area contributed by atoms with Crippen LogP contribution in [0.15, 0.2) is 59.1 Å². The van der Waals surface area contributed by atoms with E-state index in [1.165, 1.54) is 0 Å². The summed E-state index contributed by atoms with van der Waals surface area (Å²) in [5.74, 6) is -1.18. The van der Waals surface area contributed by atoms with Gasteiger partial charge in [0.25, 0.3) is 0 Å². The highest BCUT2D eigenvalue weighted by atomic mass is 79.9. The smallest absolute Gasteiger partial charge is 0.0732 e. The van der Waals surface area contributed by atoms with E-state index in [9.17, 15) is 9.90 Å². The number of hydrogen-bond acceptors (Lipinski definition) is 2. The Morgan fingerprint density at radius 3 is 2.48 bits per heavy atom. The SMILES string of the molecule is Cc1cc(Br)c(C(=O)[O-])c(-c2cccc3ccccc23)c1. The Bertz CT molecular complexity index is 848. The molecule has 0 saturated carbocycles. The number of halogens is 1. The van der Waals surface area contributed by atoms with Crippen LogP contribution >= 0.6 is 15.9 Å². The summed E-state index contributed by atoms with van der Waals surface area (Å²) in [6.45, 7) is 1.94. The Balaban J connectivity index is 2.41. The Morgan fingerprint density at radius 1 is 1.00 bits per heavy atom. The Hall–Kier alpha value is -2.13. The fraction of sp³-hybridized carbons (Fsp3) is 0.0556. The largest absolute Gasteiger partial charge is 0.545 e. The first-order valence-electron chi connectivity index (χ1n) is 6.57. The third kappa shape index (κ3) is 2.45. The molecule has 0 atom stereocenters. The molecule has 21 heavy (non-hydrogen) atoms. The van der Waals surface area contributed by atoms with Crippen LogP contribution in [0.3, 0.4) is 0 Å². The second-order valence-electron chi connectivity index (χ2n) is 4.98. The lowest BCUT2D eigenvalue weighted by Gasteiger charge is -2.16. The van der Waals surface area contributed by atoms with Gasteiger partial charge in [0.15, 0.2) is 0 Å². The van der Waals surface area contributed by atoms with E-state index < -0.39 is 5.97 Å². The number of benzene rings is 3. The summed E-state index contributed by atoms with van der Waals surface area (Å²) < 4.78 is 0.547. The van der Waals surface area contributed by atoms with Crippen molar-refractivity contribution in [2.24, 2.45) is 0 Å². The predicted molar refractivity (Wildman–Crippen MR) is 86.2 cm³/mol. The number of aryl methyl sites for hydroxylation is 1. The molecule has 0 spiro atoms. The van der Waals surface area contributed by atoms with Crippen molar-refractivity contribution >= 4 is 32.7 Å². The summed E-state index contributed by atoms with van der Waals surface area (Å²) in [7, 11) is 0. The van der Waals surface area contributed by atoms with Gasteiger partial charge in [-0.3, -0.25) is 0 Å². The van der Waals surface area contributed by atoms with Crippen LogP contribution in [0.4, 0.5) is 0 Å². The first-order valence-corrected chi connectivity index (χ1v) is 7.37. The number of carbonyl (C=O) groups is 1. The number of hydrogen-bond donors (Lipinski definition) is 0. The van der Waals surface area contributed by atoms with Crippen molar-refractivity contribution in [1.82, 2.24) is 0 Å². The first kappa shape index (κ1) is 13.8. The molecule has 0 aromatic heterocycles. The zero-order chi connectivity index (χ0) is 15.0. The van der Waals surface area contributed by atoms with E-state index in [0.717, 1.165) is 21.9 Å². The molecule has 104 valence electrons. The highest BCUT2D eigenvalue weighted by Gasteiger charge is 2.13. The number of fused-ring (bicyclic) bond motifs is 1. The summed E-state index contributed by atoms with van der Waals surface area (Å²) in [5.41, 5.74) is 2.77. The number of carbonyl (C=O) groups excluding carboxylic acids is 1. The van der Waals surface area contributed by atoms with Crippen molar-refractivity contribution in [2.45, 2.75) is 6.92 Å². The van der Waals surface area contributed by atoms with Gasteiger partial charge in [-0.25, -0.2) is 0 Å². The lowest BCUT2D eigenvalue weighted by Crippen LogP contribution is -2.23. The topological polar surface area (TPSA) is 40.1 Å². The van der Waals surface area contributed by atoms with Crippen LogP contribution in [0.2, 0.25) is 0 Å². The maximum absolute atomic E-state index is 11.5. The Labute approximate surface area is 131 Å². The second-order valence-corrected chi connectivity index (χ2v) is 5.84. The van der Waals surface area contributed by atoms with Gasteiger partial charge in [0, 0.05) is 10.0 Å². The van der Waals surface area contributed by atoms with Crippen LogP contribution < -0.4 is 5.11 Å². The van der Waals surface area contributed by atoms with Gasteiger partial charge in [0.1, 0.15) is 0 Å². The van der Waals surface area contributed by atoms with Crippen molar-refractivity contribution in [3.63, 3.8) is 0 Å². The van der Waals surface area contributed by atoms with E-state index in [1.807, 2.05) is 55.5 Å². The molecular formula is C18H12BrO2-. The summed E-state index contributed by atoms with van der Waals surface area (Å²) >= 11 is 3.34. The van der Waals surface area contributed by atoms with E-state index in [1.54, 1.807) is 6.07 Å². The van der Waals surface area contributed by atoms with Gasteiger partial charge in [-0.15, -0.1) is 0 Å². The average Bonchev–Trinajstić information content (AvgIpc) is 2.45. The van der Waals surface area contributed by atoms with E-state index in [-0.39, 0.29) is 5.56 Å². The molecule has 3 heteroatoms. The van der Waals surface area contributed by atoms with Crippen LogP contribution in [0.25, 0.3) is 21.9 Å². The van der Waals surface area contributed by atoms with Crippen molar-refractivity contribution in [2.75, 3.05) is 0 Å². The predicted octanol–water partition coefficient (Wildman–Crippen LogP) is 3.94. The van der Waals surface area contributed by atoms with E-state index in [0.29, 0.717) is 10.0 Å². The minimum Gasteiger partial charge on any atom is -0.545 e. The van der Waals surface area contributed by atoms with Gasteiger partial charge < -0.3 is 9.90 Å². The molecule has 0 aliphatic carbocycles. The van der Waals surface area contributed by atoms with E-state index in [4.69, 9.17) is 0 Å². The number of carboxylic acid groups (broad SMARTS) is 1. The van der Waals surface area contributed by atoms with Crippen LogP contribution in [-0.2, 0) is 0 Å². The maximum atomic E-state index is 11.5. The summed E-state index contributed by atoms with van der Waals surface area (Å²) in [6, 6.07) is 17.5. The molecule has 0 radical (unpaired) electrons. The van der Waals surface area contributed by atoms with Crippen molar-refractivity contribution in [3.8, 4) is 11.1 Å². The maximum Gasteiger partial charge on any atom is 0.0732 e. The van der Waals surface area contributed by atoms with Gasteiger partial charge in [-0.2, -0.15) is 0 Å². The molecule has 0 saturated heterocycles. The molecule has 2 nitrogen and oxygen atoms in total. The van der Waals surface area contributed by atoms with E-state index >= 15 is 0 Å². The van der Waals surface area contributed by atoms with Gasteiger partial charge >= 0.3 is 0 Å².